The third-order valence-corrected chi connectivity index (χ3v) is 2.93. The molecule has 0 amide bonds. The number of ether oxygens (including phenoxy) is 1. The lowest BCUT2D eigenvalue weighted by Crippen LogP contribution is -2.44. The van der Waals surface area contributed by atoms with Gasteiger partial charge in [0.05, 0.1) is 12.7 Å². The standard InChI is InChI=1S/C14H31NO/c1-7-9-12(3)16-11-13(14(4,5)6)15-10-8-2/h12-13,15H,7-11H2,1-6H3. The Balaban J connectivity index is 4.01. The van der Waals surface area contributed by atoms with E-state index in [1.54, 1.807) is 0 Å². The SMILES string of the molecule is CCCNC(COC(C)CCC)C(C)(C)C. The summed E-state index contributed by atoms with van der Waals surface area (Å²) in [6.07, 6.45) is 3.92. The summed E-state index contributed by atoms with van der Waals surface area (Å²) in [4.78, 5) is 0. The predicted octanol–water partition coefficient (Wildman–Crippen LogP) is 3.61. The van der Waals surface area contributed by atoms with Crippen LogP contribution in [-0.4, -0.2) is 25.3 Å². The largest absolute Gasteiger partial charge is 0.377 e. The van der Waals surface area contributed by atoms with Gasteiger partial charge >= 0.3 is 0 Å². The molecule has 0 saturated heterocycles. The molecule has 0 aliphatic carbocycles. The summed E-state index contributed by atoms with van der Waals surface area (Å²) in [7, 11) is 0. The molecule has 0 spiro atoms. The molecule has 0 aromatic heterocycles. The average molecular weight is 229 g/mol. The Bertz CT molecular complexity index is 163. The lowest BCUT2D eigenvalue weighted by Gasteiger charge is -2.32. The molecule has 0 aromatic rings. The van der Waals surface area contributed by atoms with E-state index in [1.807, 2.05) is 0 Å². The number of hydrogen-bond acceptors (Lipinski definition) is 2. The topological polar surface area (TPSA) is 21.3 Å². The molecule has 0 aliphatic heterocycles. The monoisotopic (exact) mass is 229 g/mol. The van der Waals surface area contributed by atoms with E-state index in [0.717, 1.165) is 19.6 Å². The highest BCUT2D eigenvalue weighted by Crippen LogP contribution is 2.20. The minimum absolute atomic E-state index is 0.265. The summed E-state index contributed by atoms with van der Waals surface area (Å²) < 4.78 is 5.91. The van der Waals surface area contributed by atoms with Crippen LogP contribution in [0.25, 0.3) is 0 Å². The predicted molar refractivity (Wildman–Crippen MR) is 71.9 cm³/mol. The fourth-order valence-electron chi connectivity index (χ4n) is 1.68. The van der Waals surface area contributed by atoms with Crippen LogP contribution in [0.4, 0.5) is 0 Å². The number of rotatable bonds is 8. The normalized spacial score (nSPS) is 16.1. The molecule has 0 bridgehead atoms. The Morgan fingerprint density at radius 3 is 2.19 bits per heavy atom. The van der Waals surface area contributed by atoms with Crippen LogP contribution in [0.3, 0.4) is 0 Å². The smallest absolute Gasteiger partial charge is 0.0628 e. The maximum Gasteiger partial charge on any atom is 0.0628 e. The van der Waals surface area contributed by atoms with E-state index < -0.39 is 0 Å². The van der Waals surface area contributed by atoms with Crippen molar-refractivity contribution < 1.29 is 4.74 Å². The average Bonchev–Trinajstić information content (AvgIpc) is 2.16. The molecule has 2 atom stereocenters. The van der Waals surface area contributed by atoms with Crippen molar-refractivity contribution in [1.82, 2.24) is 5.32 Å². The van der Waals surface area contributed by atoms with Gasteiger partial charge in [-0.3, -0.25) is 0 Å². The minimum atomic E-state index is 0.265. The van der Waals surface area contributed by atoms with Gasteiger partial charge in [-0.25, -0.2) is 0 Å². The van der Waals surface area contributed by atoms with Crippen LogP contribution in [0.1, 0.15) is 60.8 Å². The van der Waals surface area contributed by atoms with Gasteiger partial charge < -0.3 is 10.1 Å². The molecule has 0 aromatic carbocycles. The summed E-state index contributed by atoms with van der Waals surface area (Å²) in [6, 6.07) is 0.451. The molecule has 1 N–H and O–H groups in total. The summed E-state index contributed by atoms with van der Waals surface area (Å²) in [5.41, 5.74) is 0.265. The molecular formula is C14H31NO. The third kappa shape index (κ3) is 7.24. The van der Waals surface area contributed by atoms with Crippen LogP contribution in [0, 0.1) is 5.41 Å². The molecule has 0 fully saturated rings. The summed E-state index contributed by atoms with van der Waals surface area (Å²) in [6.45, 7) is 15.3. The highest BCUT2D eigenvalue weighted by atomic mass is 16.5. The van der Waals surface area contributed by atoms with Gasteiger partial charge in [0.15, 0.2) is 0 Å². The van der Waals surface area contributed by atoms with Crippen molar-refractivity contribution in [3.63, 3.8) is 0 Å². The van der Waals surface area contributed by atoms with Gasteiger partial charge in [0.1, 0.15) is 0 Å². The van der Waals surface area contributed by atoms with Crippen molar-refractivity contribution in [3.05, 3.63) is 0 Å². The van der Waals surface area contributed by atoms with Crippen LogP contribution in [0.5, 0.6) is 0 Å². The van der Waals surface area contributed by atoms with Gasteiger partial charge in [0, 0.05) is 6.04 Å². The molecule has 16 heavy (non-hydrogen) atoms. The molecule has 0 heterocycles. The first-order chi connectivity index (χ1) is 7.41. The minimum Gasteiger partial charge on any atom is -0.377 e. The molecule has 0 rings (SSSR count). The van der Waals surface area contributed by atoms with E-state index in [0.29, 0.717) is 12.1 Å². The zero-order chi connectivity index (χ0) is 12.6. The highest BCUT2D eigenvalue weighted by molar-refractivity contribution is 4.80. The van der Waals surface area contributed by atoms with Crippen LogP contribution in [-0.2, 0) is 4.74 Å². The van der Waals surface area contributed by atoms with Crippen molar-refractivity contribution in [2.75, 3.05) is 13.2 Å². The Morgan fingerprint density at radius 2 is 1.75 bits per heavy atom. The quantitative estimate of drug-likeness (QED) is 0.686. The zero-order valence-electron chi connectivity index (χ0n) is 12.1. The highest BCUT2D eigenvalue weighted by Gasteiger charge is 2.24. The second-order valence-corrected chi connectivity index (χ2v) is 5.81. The van der Waals surface area contributed by atoms with Crippen LogP contribution in [0.2, 0.25) is 0 Å². The molecule has 98 valence electrons. The molecule has 2 unspecified atom stereocenters. The summed E-state index contributed by atoms with van der Waals surface area (Å²) >= 11 is 0. The molecule has 2 nitrogen and oxygen atoms in total. The summed E-state index contributed by atoms with van der Waals surface area (Å²) in [5, 5.41) is 3.58. The second kappa shape index (κ2) is 8.08. The molecule has 0 aliphatic rings. The van der Waals surface area contributed by atoms with Crippen molar-refractivity contribution in [2.24, 2.45) is 5.41 Å². The van der Waals surface area contributed by atoms with Crippen LogP contribution >= 0.6 is 0 Å². The maximum absolute atomic E-state index is 5.91. The van der Waals surface area contributed by atoms with Gasteiger partial charge in [-0.2, -0.15) is 0 Å². The fraction of sp³-hybridized carbons (Fsp3) is 1.00. The maximum atomic E-state index is 5.91. The van der Waals surface area contributed by atoms with E-state index in [-0.39, 0.29) is 5.41 Å². The Hall–Kier alpha value is -0.0800. The van der Waals surface area contributed by atoms with Crippen molar-refractivity contribution in [3.8, 4) is 0 Å². The number of hydrogen-bond donors (Lipinski definition) is 1. The van der Waals surface area contributed by atoms with Gasteiger partial charge in [-0.1, -0.05) is 41.0 Å². The van der Waals surface area contributed by atoms with E-state index in [4.69, 9.17) is 4.74 Å². The number of nitrogens with one attached hydrogen (secondary N) is 1. The summed E-state index contributed by atoms with van der Waals surface area (Å²) in [5.74, 6) is 0. The first kappa shape index (κ1) is 15.9. The van der Waals surface area contributed by atoms with Gasteiger partial charge in [-0.15, -0.1) is 0 Å². The van der Waals surface area contributed by atoms with E-state index in [1.165, 1.54) is 12.8 Å². The zero-order valence-corrected chi connectivity index (χ0v) is 12.1. The molecular weight excluding hydrogens is 198 g/mol. The lowest BCUT2D eigenvalue weighted by molar-refractivity contribution is 0.0222. The Morgan fingerprint density at radius 1 is 1.12 bits per heavy atom. The Kier molecular flexibility index (Phi) is 8.04. The first-order valence-corrected chi connectivity index (χ1v) is 6.76. The molecule has 2 heteroatoms. The fourth-order valence-corrected chi connectivity index (χ4v) is 1.68. The lowest BCUT2D eigenvalue weighted by atomic mass is 9.87. The second-order valence-electron chi connectivity index (χ2n) is 5.81. The van der Waals surface area contributed by atoms with Crippen molar-refractivity contribution in [2.45, 2.75) is 73.0 Å². The van der Waals surface area contributed by atoms with Crippen LogP contribution < -0.4 is 5.32 Å². The molecule has 0 radical (unpaired) electrons. The molecule has 0 saturated carbocycles. The van der Waals surface area contributed by atoms with Gasteiger partial charge in [0.2, 0.25) is 0 Å². The van der Waals surface area contributed by atoms with Crippen molar-refractivity contribution >= 4 is 0 Å². The van der Waals surface area contributed by atoms with E-state index in [9.17, 15) is 0 Å². The first-order valence-electron chi connectivity index (χ1n) is 6.76. The van der Waals surface area contributed by atoms with Gasteiger partial charge in [-0.05, 0) is 31.7 Å². The van der Waals surface area contributed by atoms with E-state index >= 15 is 0 Å². The van der Waals surface area contributed by atoms with E-state index in [2.05, 4.69) is 46.9 Å². The van der Waals surface area contributed by atoms with Gasteiger partial charge in [0.25, 0.3) is 0 Å². The van der Waals surface area contributed by atoms with Crippen LogP contribution in [0.15, 0.2) is 0 Å². The third-order valence-electron chi connectivity index (χ3n) is 2.93. The van der Waals surface area contributed by atoms with Crippen molar-refractivity contribution in [1.29, 1.82) is 0 Å². The Labute approximate surface area is 102 Å².